The molecule has 1 aliphatic rings. The molecule has 4 rings (SSSR count). The van der Waals surface area contributed by atoms with Gasteiger partial charge in [-0.2, -0.15) is 0 Å². The van der Waals surface area contributed by atoms with Crippen molar-refractivity contribution in [1.82, 2.24) is 9.97 Å². The number of anilines is 3. The first-order valence-corrected chi connectivity index (χ1v) is 8.33. The Bertz CT molecular complexity index is 968. The number of nitrogens with zero attached hydrogens (tertiary/aromatic N) is 3. The van der Waals surface area contributed by atoms with Crippen LogP contribution in [0.25, 0.3) is 0 Å². The van der Waals surface area contributed by atoms with E-state index < -0.39 is 0 Å². The first-order valence-electron chi connectivity index (χ1n) is 7.95. The van der Waals surface area contributed by atoms with Crippen molar-refractivity contribution < 1.29 is 0 Å². The number of halogens is 1. The van der Waals surface area contributed by atoms with Gasteiger partial charge in [-0.25, -0.2) is 4.98 Å². The fourth-order valence-corrected chi connectivity index (χ4v) is 2.93. The van der Waals surface area contributed by atoms with Gasteiger partial charge in [0.1, 0.15) is 11.5 Å². The van der Waals surface area contributed by atoms with Gasteiger partial charge < -0.3 is 10.6 Å². The van der Waals surface area contributed by atoms with Gasteiger partial charge >= 0.3 is 0 Å². The number of aromatic nitrogens is 2. The average Bonchev–Trinajstić information content (AvgIpc) is 3.01. The van der Waals surface area contributed by atoms with Crippen LogP contribution in [0.1, 0.15) is 17.0 Å². The van der Waals surface area contributed by atoms with Gasteiger partial charge in [-0.1, -0.05) is 23.7 Å². The Hall–Kier alpha value is -2.92. The summed E-state index contributed by atoms with van der Waals surface area (Å²) in [4.78, 5) is 13.3. The highest BCUT2D eigenvalue weighted by Gasteiger charge is 2.17. The minimum Gasteiger partial charge on any atom is -0.339 e. The fourth-order valence-electron chi connectivity index (χ4n) is 2.70. The van der Waals surface area contributed by atoms with Crippen molar-refractivity contribution in [3.8, 4) is 0 Å². The SMILES string of the molecule is Cc1cccc(Nc2ccc(NC3=NCc4cccnc43)cc2Cl)n1. The van der Waals surface area contributed by atoms with Crippen LogP contribution >= 0.6 is 11.6 Å². The number of nitrogens with one attached hydrogen (secondary N) is 2. The number of aliphatic imine (C=N–C) groups is 1. The van der Waals surface area contributed by atoms with Crippen molar-refractivity contribution in [2.45, 2.75) is 13.5 Å². The van der Waals surface area contributed by atoms with Crippen molar-refractivity contribution >= 4 is 34.6 Å². The van der Waals surface area contributed by atoms with Crippen molar-refractivity contribution in [1.29, 1.82) is 0 Å². The third kappa shape index (κ3) is 3.32. The number of fused-ring (bicyclic) bond motifs is 1. The lowest BCUT2D eigenvalue weighted by Gasteiger charge is -2.11. The van der Waals surface area contributed by atoms with Gasteiger partial charge in [0.15, 0.2) is 5.84 Å². The number of hydrogen-bond acceptors (Lipinski definition) is 5. The molecule has 2 aromatic heterocycles. The molecule has 0 spiro atoms. The van der Waals surface area contributed by atoms with Crippen LogP contribution < -0.4 is 10.6 Å². The maximum Gasteiger partial charge on any atom is 0.152 e. The molecule has 0 fully saturated rings. The molecule has 0 atom stereocenters. The Kier molecular flexibility index (Phi) is 4.07. The number of pyridine rings is 2. The Morgan fingerprint density at radius 2 is 1.96 bits per heavy atom. The molecule has 0 saturated carbocycles. The van der Waals surface area contributed by atoms with Gasteiger partial charge in [0.05, 0.1) is 17.3 Å². The zero-order chi connectivity index (χ0) is 17.2. The normalized spacial score (nSPS) is 12.5. The van der Waals surface area contributed by atoms with Crippen LogP contribution in [0.4, 0.5) is 17.2 Å². The highest BCUT2D eigenvalue weighted by molar-refractivity contribution is 6.33. The summed E-state index contributed by atoms with van der Waals surface area (Å²) in [5.74, 6) is 1.54. The molecule has 0 saturated heterocycles. The number of amidine groups is 1. The molecule has 1 aliphatic heterocycles. The van der Waals surface area contributed by atoms with E-state index in [0.717, 1.165) is 40.0 Å². The van der Waals surface area contributed by atoms with Gasteiger partial charge in [-0.15, -0.1) is 0 Å². The zero-order valence-corrected chi connectivity index (χ0v) is 14.4. The summed E-state index contributed by atoms with van der Waals surface area (Å²) in [5, 5.41) is 7.14. The lowest BCUT2D eigenvalue weighted by Crippen LogP contribution is -2.13. The van der Waals surface area contributed by atoms with Crippen LogP contribution in [-0.4, -0.2) is 15.8 Å². The first kappa shape index (κ1) is 15.6. The van der Waals surface area contributed by atoms with Crippen molar-refractivity contribution in [3.05, 3.63) is 76.7 Å². The highest BCUT2D eigenvalue weighted by atomic mass is 35.5. The van der Waals surface area contributed by atoms with Gasteiger partial charge in [0, 0.05) is 23.1 Å². The van der Waals surface area contributed by atoms with E-state index in [2.05, 4.69) is 25.6 Å². The van der Waals surface area contributed by atoms with Crippen LogP contribution in [0, 0.1) is 6.92 Å². The largest absolute Gasteiger partial charge is 0.339 e. The second-order valence-electron chi connectivity index (χ2n) is 5.78. The molecule has 3 aromatic rings. The average molecular weight is 350 g/mol. The zero-order valence-electron chi connectivity index (χ0n) is 13.6. The van der Waals surface area contributed by atoms with Crippen molar-refractivity contribution in [2.24, 2.45) is 4.99 Å². The van der Waals surface area contributed by atoms with E-state index in [1.807, 2.05) is 55.5 Å². The topological polar surface area (TPSA) is 62.2 Å². The van der Waals surface area contributed by atoms with Crippen LogP contribution in [0.15, 0.2) is 59.7 Å². The quantitative estimate of drug-likeness (QED) is 0.728. The smallest absolute Gasteiger partial charge is 0.152 e. The summed E-state index contributed by atoms with van der Waals surface area (Å²) >= 11 is 6.42. The standard InChI is InChI=1S/C19H16ClN5/c1-12-4-2-6-17(23-12)25-16-8-7-14(10-15(16)20)24-19-18-13(11-22-19)5-3-9-21-18/h2-10H,11H2,1H3,(H,22,24)(H,23,25). The molecular formula is C19H16ClN5. The Balaban J connectivity index is 1.53. The molecule has 6 heteroatoms. The third-order valence-electron chi connectivity index (χ3n) is 3.91. The van der Waals surface area contributed by atoms with Crippen LogP contribution in [-0.2, 0) is 6.54 Å². The van der Waals surface area contributed by atoms with Gasteiger partial charge in [0.25, 0.3) is 0 Å². The summed E-state index contributed by atoms with van der Waals surface area (Å²) in [5.41, 5.74) is 4.64. The van der Waals surface area contributed by atoms with Crippen molar-refractivity contribution in [3.63, 3.8) is 0 Å². The molecule has 0 bridgehead atoms. The Morgan fingerprint density at radius 1 is 1.04 bits per heavy atom. The number of rotatable bonds is 3. The molecular weight excluding hydrogens is 334 g/mol. The van der Waals surface area contributed by atoms with E-state index in [4.69, 9.17) is 11.6 Å². The number of aryl methyl sites for hydroxylation is 1. The molecule has 2 N–H and O–H groups in total. The van der Waals surface area contributed by atoms with E-state index in [0.29, 0.717) is 11.6 Å². The highest BCUT2D eigenvalue weighted by Crippen LogP contribution is 2.28. The summed E-state index contributed by atoms with van der Waals surface area (Å²) in [7, 11) is 0. The summed E-state index contributed by atoms with van der Waals surface area (Å²) < 4.78 is 0. The molecule has 0 amide bonds. The molecule has 0 aliphatic carbocycles. The van der Waals surface area contributed by atoms with E-state index >= 15 is 0 Å². The maximum absolute atomic E-state index is 6.42. The Labute approximate surface area is 150 Å². The number of benzene rings is 1. The van der Waals surface area contributed by atoms with E-state index in [-0.39, 0.29) is 0 Å². The summed E-state index contributed by atoms with van der Waals surface area (Å²) in [6.07, 6.45) is 1.77. The minimum atomic E-state index is 0.605. The predicted octanol–water partition coefficient (Wildman–Crippen LogP) is 4.55. The minimum absolute atomic E-state index is 0.605. The number of hydrogen-bond donors (Lipinski definition) is 2. The second-order valence-corrected chi connectivity index (χ2v) is 6.19. The summed E-state index contributed by atoms with van der Waals surface area (Å²) in [6.45, 7) is 2.60. The van der Waals surface area contributed by atoms with Crippen LogP contribution in [0.3, 0.4) is 0 Å². The second kappa shape index (κ2) is 6.53. The molecule has 124 valence electrons. The predicted molar refractivity (Wildman–Crippen MR) is 102 cm³/mol. The molecule has 0 unspecified atom stereocenters. The fraction of sp³-hybridized carbons (Fsp3) is 0.105. The molecule has 1 aromatic carbocycles. The van der Waals surface area contributed by atoms with Crippen molar-refractivity contribution in [2.75, 3.05) is 10.6 Å². The van der Waals surface area contributed by atoms with Gasteiger partial charge in [0.2, 0.25) is 0 Å². The molecule has 5 nitrogen and oxygen atoms in total. The third-order valence-corrected chi connectivity index (χ3v) is 4.22. The van der Waals surface area contributed by atoms with E-state index in [1.165, 1.54) is 0 Å². The summed E-state index contributed by atoms with van der Waals surface area (Å²) in [6, 6.07) is 15.5. The lowest BCUT2D eigenvalue weighted by atomic mass is 10.2. The van der Waals surface area contributed by atoms with Crippen LogP contribution in [0.5, 0.6) is 0 Å². The van der Waals surface area contributed by atoms with Crippen LogP contribution in [0.2, 0.25) is 5.02 Å². The molecule has 25 heavy (non-hydrogen) atoms. The van der Waals surface area contributed by atoms with E-state index in [9.17, 15) is 0 Å². The molecule has 3 heterocycles. The lowest BCUT2D eigenvalue weighted by molar-refractivity contribution is 1.09. The van der Waals surface area contributed by atoms with E-state index in [1.54, 1.807) is 6.20 Å². The maximum atomic E-state index is 6.42. The van der Waals surface area contributed by atoms with Gasteiger partial charge in [-0.05, 0) is 43.3 Å². The molecule has 0 radical (unpaired) electrons. The monoisotopic (exact) mass is 349 g/mol. The first-order chi connectivity index (χ1) is 12.2. The van der Waals surface area contributed by atoms with Gasteiger partial charge in [-0.3, -0.25) is 9.98 Å². The Morgan fingerprint density at radius 3 is 2.80 bits per heavy atom.